The fraction of sp³-hybridized carbons (Fsp3) is 0.545. The Kier molecular flexibility index (Phi) is 4.30. The molecule has 0 radical (unpaired) electrons. The molecule has 0 aliphatic heterocycles. The molecule has 1 aromatic heterocycles. The third-order valence-corrected chi connectivity index (χ3v) is 2.25. The van der Waals surface area contributed by atoms with Gasteiger partial charge in [0.05, 0.1) is 12.4 Å². The molecular weight excluding hydrogens is 236 g/mol. The number of nitrogens with zero attached hydrogens (tertiary/aromatic N) is 2. The number of anilines is 1. The highest BCUT2D eigenvalue weighted by atomic mass is 16.6. The van der Waals surface area contributed by atoms with E-state index in [0.717, 1.165) is 0 Å². The minimum atomic E-state index is -0.837. The van der Waals surface area contributed by atoms with E-state index in [4.69, 9.17) is 20.9 Å². The molecule has 1 atom stereocenters. The van der Waals surface area contributed by atoms with Crippen LogP contribution < -0.4 is 16.2 Å². The van der Waals surface area contributed by atoms with Gasteiger partial charge in [-0.2, -0.15) is 0 Å². The molecule has 4 N–H and O–H groups in total. The number of carbonyl (C=O) groups excluding carboxylic acids is 1. The third kappa shape index (κ3) is 4.44. The molecule has 1 amide bonds. The highest BCUT2D eigenvalue weighted by Crippen LogP contribution is 2.24. The highest BCUT2D eigenvalue weighted by molar-refractivity contribution is 5.64. The summed E-state index contributed by atoms with van der Waals surface area (Å²) >= 11 is 0. The molecule has 0 aliphatic carbocycles. The Balaban J connectivity index is 2.72. The molecule has 7 nitrogen and oxygen atoms in total. The summed E-state index contributed by atoms with van der Waals surface area (Å²) in [5.41, 5.74) is 10.1. The van der Waals surface area contributed by atoms with Gasteiger partial charge in [-0.25, -0.2) is 14.8 Å². The fourth-order valence-electron chi connectivity index (χ4n) is 1.15. The molecule has 0 aromatic carbocycles. The van der Waals surface area contributed by atoms with E-state index in [1.807, 2.05) is 20.8 Å². The molecule has 0 saturated heterocycles. The highest BCUT2D eigenvalue weighted by Gasteiger charge is 2.28. The molecule has 0 saturated carbocycles. The van der Waals surface area contributed by atoms with Crippen molar-refractivity contribution in [3.63, 3.8) is 0 Å². The average Bonchev–Trinajstić information content (AvgIpc) is 2.24. The fourth-order valence-corrected chi connectivity index (χ4v) is 1.15. The van der Waals surface area contributed by atoms with Gasteiger partial charge in [0.2, 0.25) is 5.88 Å². The van der Waals surface area contributed by atoms with Crippen LogP contribution in [0.25, 0.3) is 0 Å². The van der Waals surface area contributed by atoms with Crippen LogP contribution in [-0.2, 0) is 4.74 Å². The molecule has 0 bridgehead atoms. The molecule has 1 aromatic rings. The second-order valence-corrected chi connectivity index (χ2v) is 4.88. The molecule has 0 fully saturated rings. The van der Waals surface area contributed by atoms with Gasteiger partial charge < -0.3 is 20.9 Å². The van der Waals surface area contributed by atoms with Gasteiger partial charge in [0, 0.05) is 5.41 Å². The van der Waals surface area contributed by atoms with Crippen LogP contribution in [0.3, 0.4) is 0 Å². The van der Waals surface area contributed by atoms with Gasteiger partial charge in [-0.1, -0.05) is 20.8 Å². The van der Waals surface area contributed by atoms with E-state index in [9.17, 15) is 4.79 Å². The maximum atomic E-state index is 10.6. The third-order valence-electron chi connectivity index (χ3n) is 2.25. The molecule has 100 valence electrons. The maximum absolute atomic E-state index is 10.6. The Labute approximate surface area is 105 Å². The van der Waals surface area contributed by atoms with Gasteiger partial charge in [0.1, 0.15) is 18.5 Å². The molecule has 0 aliphatic rings. The second-order valence-electron chi connectivity index (χ2n) is 4.88. The van der Waals surface area contributed by atoms with Crippen LogP contribution in [0.4, 0.5) is 10.6 Å². The topological polar surface area (TPSA) is 113 Å². The number of ether oxygens (including phenoxy) is 2. The van der Waals surface area contributed by atoms with Crippen molar-refractivity contribution in [3.05, 3.63) is 12.4 Å². The van der Waals surface area contributed by atoms with E-state index in [2.05, 4.69) is 9.97 Å². The van der Waals surface area contributed by atoms with Crippen LogP contribution in [0.5, 0.6) is 5.88 Å². The Morgan fingerprint density at radius 1 is 1.39 bits per heavy atom. The van der Waals surface area contributed by atoms with Crippen LogP contribution in [0.15, 0.2) is 12.4 Å². The molecule has 1 rings (SSSR count). The number of rotatable bonds is 4. The zero-order chi connectivity index (χ0) is 13.8. The molecule has 0 unspecified atom stereocenters. The van der Waals surface area contributed by atoms with Gasteiger partial charge in [0.25, 0.3) is 0 Å². The van der Waals surface area contributed by atoms with Crippen LogP contribution in [0.2, 0.25) is 0 Å². The molecule has 18 heavy (non-hydrogen) atoms. The number of nitrogens with two attached hydrogens (primary N) is 2. The van der Waals surface area contributed by atoms with E-state index < -0.39 is 6.09 Å². The summed E-state index contributed by atoms with van der Waals surface area (Å²) in [6.07, 6.45) is 1.58. The summed E-state index contributed by atoms with van der Waals surface area (Å²) < 4.78 is 10.4. The average molecular weight is 254 g/mol. The van der Waals surface area contributed by atoms with Crippen LogP contribution >= 0.6 is 0 Å². The van der Waals surface area contributed by atoms with Crippen molar-refractivity contribution in [1.82, 2.24) is 9.97 Å². The van der Waals surface area contributed by atoms with Crippen molar-refractivity contribution in [1.29, 1.82) is 0 Å². The normalized spacial score (nSPS) is 12.8. The number of amides is 1. The summed E-state index contributed by atoms with van der Waals surface area (Å²) in [5.74, 6) is 0.625. The van der Waals surface area contributed by atoms with Crippen LogP contribution in [0, 0.1) is 5.41 Å². The first-order valence-electron chi connectivity index (χ1n) is 5.45. The van der Waals surface area contributed by atoms with Gasteiger partial charge in [-0.3, -0.25) is 0 Å². The van der Waals surface area contributed by atoms with Gasteiger partial charge in [0.15, 0.2) is 0 Å². The van der Waals surface area contributed by atoms with Gasteiger partial charge in [-0.15, -0.1) is 0 Å². The number of nitrogen functional groups attached to an aromatic ring is 1. The first-order chi connectivity index (χ1) is 8.29. The first-order valence-corrected chi connectivity index (χ1v) is 5.45. The maximum Gasteiger partial charge on any atom is 0.404 e. The first kappa shape index (κ1) is 14.0. The van der Waals surface area contributed by atoms with Crippen molar-refractivity contribution >= 4 is 11.9 Å². The molecule has 0 spiro atoms. The van der Waals surface area contributed by atoms with Crippen molar-refractivity contribution in [2.45, 2.75) is 26.9 Å². The van der Waals surface area contributed by atoms with E-state index in [0.29, 0.717) is 11.7 Å². The summed E-state index contributed by atoms with van der Waals surface area (Å²) in [4.78, 5) is 18.5. The lowest BCUT2D eigenvalue weighted by Gasteiger charge is -2.29. The SMILES string of the molecule is CC(C)(C)[C@@H](COC(N)=O)Oc1cnc(N)cn1. The van der Waals surface area contributed by atoms with E-state index in [-0.39, 0.29) is 18.1 Å². The predicted molar refractivity (Wildman–Crippen MR) is 65.9 cm³/mol. The smallest absolute Gasteiger partial charge is 0.404 e. The van der Waals surface area contributed by atoms with Crippen molar-refractivity contribution in [2.75, 3.05) is 12.3 Å². The molecule has 7 heteroatoms. The Hall–Kier alpha value is -2.05. The number of carbonyl (C=O) groups is 1. The summed E-state index contributed by atoms with van der Waals surface area (Å²) in [6.45, 7) is 5.90. The summed E-state index contributed by atoms with van der Waals surface area (Å²) in [6, 6.07) is 0. The second kappa shape index (κ2) is 5.52. The lowest BCUT2D eigenvalue weighted by Crippen LogP contribution is -2.38. The summed E-state index contributed by atoms with van der Waals surface area (Å²) in [5, 5.41) is 0. The van der Waals surface area contributed by atoms with Gasteiger partial charge in [-0.05, 0) is 0 Å². The van der Waals surface area contributed by atoms with E-state index in [1.54, 1.807) is 0 Å². The molecule has 1 heterocycles. The largest absolute Gasteiger partial charge is 0.469 e. The van der Waals surface area contributed by atoms with E-state index >= 15 is 0 Å². The Bertz CT molecular complexity index is 400. The van der Waals surface area contributed by atoms with E-state index in [1.165, 1.54) is 12.4 Å². The monoisotopic (exact) mass is 254 g/mol. The zero-order valence-electron chi connectivity index (χ0n) is 10.7. The minimum Gasteiger partial charge on any atom is -0.469 e. The van der Waals surface area contributed by atoms with Crippen LogP contribution in [0.1, 0.15) is 20.8 Å². The Morgan fingerprint density at radius 2 is 2.06 bits per heavy atom. The minimum absolute atomic E-state index is 0.0465. The lowest BCUT2D eigenvalue weighted by atomic mass is 9.89. The number of primary amides is 1. The zero-order valence-corrected chi connectivity index (χ0v) is 10.7. The number of hydrogen-bond acceptors (Lipinski definition) is 6. The van der Waals surface area contributed by atoms with Crippen molar-refractivity contribution in [2.24, 2.45) is 11.1 Å². The predicted octanol–water partition coefficient (Wildman–Crippen LogP) is 0.948. The van der Waals surface area contributed by atoms with Gasteiger partial charge >= 0.3 is 6.09 Å². The quantitative estimate of drug-likeness (QED) is 0.826. The molecular formula is C11H18N4O3. The lowest BCUT2D eigenvalue weighted by molar-refractivity contribution is 0.0209. The number of aromatic nitrogens is 2. The van der Waals surface area contributed by atoms with Crippen LogP contribution in [-0.4, -0.2) is 28.8 Å². The standard InChI is InChI=1S/C11H18N4O3/c1-11(2,3)7(6-17-10(13)16)18-9-5-14-8(12)4-15-9/h4-5,7H,6H2,1-3H3,(H2,12,14)(H2,13,16)/t7-/m1/s1. The van der Waals surface area contributed by atoms with Crippen molar-refractivity contribution in [3.8, 4) is 5.88 Å². The Morgan fingerprint density at radius 3 is 2.50 bits per heavy atom. The summed E-state index contributed by atoms with van der Waals surface area (Å²) in [7, 11) is 0. The van der Waals surface area contributed by atoms with Crippen molar-refractivity contribution < 1.29 is 14.3 Å². The number of hydrogen-bond donors (Lipinski definition) is 2.